The van der Waals surface area contributed by atoms with Gasteiger partial charge in [0.1, 0.15) is 14.0 Å². The minimum atomic E-state index is -0.241. The lowest BCUT2D eigenvalue weighted by atomic mass is 9.96. The van der Waals surface area contributed by atoms with E-state index in [1.807, 2.05) is 7.85 Å². The quantitative estimate of drug-likeness (QED) is 0.292. The van der Waals surface area contributed by atoms with Gasteiger partial charge in [0.2, 0.25) is 0 Å². The molecule has 0 aromatic rings. The minimum absolute atomic E-state index is 0.0282. The maximum atomic E-state index is 8.88. The Bertz CT molecular complexity index is 137. The van der Waals surface area contributed by atoms with Gasteiger partial charge in [0, 0.05) is 6.00 Å². The van der Waals surface area contributed by atoms with Crippen LogP contribution in [0.4, 0.5) is 0 Å². The Hall–Kier alpha value is -0.135. The van der Waals surface area contributed by atoms with E-state index in [0.717, 1.165) is 6.42 Å². The lowest BCUT2D eigenvalue weighted by molar-refractivity contribution is -0.116. The SMILES string of the molecule is B[C@H]1CC(OCON)[C@@H](CO)O1. The monoisotopic (exact) mass is 175 g/mol. The van der Waals surface area contributed by atoms with Crippen molar-refractivity contribution < 1.29 is 19.4 Å². The maximum Gasteiger partial charge on any atom is 0.167 e. The molecule has 0 aliphatic carbocycles. The van der Waals surface area contributed by atoms with E-state index in [4.69, 9.17) is 20.5 Å². The first-order valence-corrected chi connectivity index (χ1v) is 3.97. The Labute approximate surface area is 72.1 Å². The molecule has 0 amide bonds. The van der Waals surface area contributed by atoms with Crippen LogP contribution in [0.25, 0.3) is 0 Å². The fourth-order valence-corrected chi connectivity index (χ4v) is 1.38. The second-order valence-corrected chi connectivity index (χ2v) is 2.89. The van der Waals surface area contributed by atoms with Crippen molar-refractivity contribution in [3.05, 3.63) is 0 Å². The van der Waals surface area contributed by atoms with Crippen LogP contribution >= 0.6 is 0 Å². The summed E-state index contributed by atoms with van der Waals surface area (Å²) < 4.78 is 10.5. The lowest BCUT2D eigenvalue weighted by Crippen LogP contribution is -2.29. The van der Waals surface area contributed by atoms with Crippen molar-refractivity contribution in [2.24, 2.45) is 5.90 Å². The summed E-state index contributed by atoms with van der Waals surface area (Å²) in [6.45, 7) is 0.0107. The average Bonchev–Trinajstić information content (AvgIpc) is 2.42. The molecule has 0 saturated carbocycles. The predicted octanol–water partition coefficient (Wildman–Crippen LogP) is -2.04. The van der Waals surface area contributed by atoms with E-state index in [1.54, 1.807) is 0 Å². The van der Waals surface area contributed by atoms with Crippen LogP contribution in [0.15, 0.2) is 0 Å². The third kappa shape index (κ3) is 2.43. The summed E-state index contributed by atoms with van der Waals surface area (Å²) in [7, 11) is 1.94. The predicted molar refractivity (Wildman–Crippen MR) is 43.9 cm³/mol. The van der Waals surface area contributed by atoms with Crippen LogP contribution in [0, 0.1) is 0 Å². The zero-order chi connectivity index (χ0) is 8.97. The third-order valence-electron chi connectivity index (χ3n) is 1.92. The Balaban J connectivity index is 2.30. The van der Waals surface area contributed by atoms with Crippen molar-refractivity contribution >= 4 is 7.85 Å². The van der Waals surface area contributed by atoms with Crippen LogP contribution in [0.2, 0.25) is 0 Å². The van der Waals surface area contributed by atoms with Crippen molar-refractivity contribution in [2.75, 3.05) is 13.4 Å². The summed E-state index contributed by atoms with van der Waals surface area (Å²) in [5.74, 6) is 4.80. The summed E-state index contributed by atoms with van der Waals surface area (Å²) in [6, 6.07) is 0.130. The highest BCUT2D eigenvalue weighted by atomic mass is 16.7. The van der Waals surface area contributed by atoms with E-state index in [2.05, 4.69) is 4.84 Å². The van der Waals surface area contributed by atoms with Crippen molar-refractivity contribution in [3.8, 4) is 0 Å². The molecule has 0 radical (unpaired) electrons. The van der Waals surface area contributed by atoms with Crippen LogP contribution < -0.4 is 5.90 Å². The summed E-state index contributed by atoms with van der Waals surface area (Å²) in [5.41, 5.74) is 0. The van der Waals surface area contributed by atoms with E-state index in [9.17, 15) is 0 Å². The molecular formula is C6H14BNO4. The molecule has 6 heteroatoms. The smallest absolute Gasteiger partial charge is 0.167 e. The van der Waals surface area contributed by atoms with Gasteiger partial charge in [0.25, 0.3) is 0 Å². The van der Waals surface area contributed by atoms with Gasteiger partial charge >= 0.3 is 0 Å². The molecular weight excluding hydrogens is 161 g/mol. The van der Waals surface area contributed by atoms with Crippen LogP contribution in [-0.2, 0) is 14.3 Å². The average molecular weight is 175 g/mol. The molecule has 0 bridgehead atoms. The molecule has 1 aliphatic heterocycles. The molecule has 0 spiro atoms. The molecule has 1 heterocycles. The van der Waals surface area contributed by atoms with Gasteiger partial charge in [-0.2, -0.15) is 0 Å². The Morgan fingerprint density at radius 1 is 1.67 bits per heavy atom. The molecule has 70 valence electrons. The standard InChI is InChI=1S/C6H14BNO4/c7-6-1-4(10-3-11-8)5(2-9)12-6/h4-6,9H,1-3,7-8H2/t4?,5-,6-/m1/s1. The largest absolute Gasteiger partial charge is 0.394 e. The summed E-state index contributed by atoms with van der Waals surface area (Å²) >= 11 is 0. The first-order valence-electron chi connectivity index (χ1n) is 3.97. The second-order valence-electron chi connectivity index (χ2n) is 2.89. The highest BCUT2D eigenvalue weighted by molar-refractivity contribution is 6.11. The molecule has 1 fully saturated rings. The molecule has 0 aromatic carbocycles. The van der Waals surface area contributed by atoms with Gasteiger partial charge in [-0.15, -0.1) is 0 Å². The number of hydrogen-bond donors (Lipinski definition) is 2. The molecule has 3 N–H and O–H groups in total. The normalized spacial score (nSPS) is 35.7. The molecule has 12 heavy (non-hydrogen) atoms. The molecule has 1 rings (SSSR count). The Morgan fingerprint density at radius 3 is 3.00 bits per heavy atom. The minimum Gasteiger partial charge on any atom is -0.394 e. The van der Waals surface area contributed by atoms with Crippen LogP contribution in [0.5, 0.6) is 0 Å². The highest BCUT2D eigenvalue weighted by Crippen LogP contribution is 2.20. The van der Waals surface area contributed by atoms with E-state index < -0.39 is 0 Å². The first-order chi connectivity index (χ1) is 5.77. The van der Waals surface area contributed by atoms with Crippen molar-refractivity contribution in [1.82, 2.24) is 0 Å². The molecule has 1 aliphatic rings. The van der Waals surface area contributed by atoms with Gasteiger partial charge in [0.15, 0.2) is 6.79 Å². The van der Waals surface area contributed by atoms with E-state index in [-0.39, 0.29) is 31.6 Å². The van der Waals surface area contributed by atoms with Gasteiger partial charge in [-0.25, -0.2) is 5.90 Å². The number of rotatable bonds is 4. The fourth-order valence-electron chi connectivity index (χ4n) is 1.38. The Morgan fingerprint density at radius 2 is 2.42 bits per heavy atom. The molecule has 5 nitrogen and oxygen atoms in total. The number of ether oxygens (including phenoxy) is 2. The lowest BCUT2D eigenvalue weighted by Gasteiger charge is -2.15. The zero-order valence-corrected chi connectivity index (χ0v) is 7.10. The fraction of sp³-hybridized carbons (Fsp3) is 1.00. The van der Waals surface area contributed by atoms with Crippen LogP contribution in [0.1, 0.15) is 6.42 Å². The summed E-state index contributed by atoms with van der Waals surface area (Å²) in [4.78, 5) is 4.27. The van der Waals surface area contributed by atoms with E-state index >= 15 is 0 Å². The van der Waals surface area contributed by atoms with Crippen molar-refractivity contribution in [2.45, 2.75) is 24.6 Å². The van der Waals surface area contributed by atoms with Gasteiger partial charge in [-0.05, 0) is 6.42 Å². The van der Waals surface area contributed by atoms with Crippen molar-refractivity contribution in [3.63, 3.8) is 0 Å². The number of aliphatic hydroxyl groups excluding tert-OH is 1. The third-order valence-corrected chi connectivity index (χ3v) is 1.92. The van der Waals surface area contributed by atoms with Gasteiger partial charge in [0.05, 0.1) is 12.7 Å². The van der Waals surface area contributed by atoms with E-state index in [0.29, 0.717) is 0 Å². The number of nitrogens with two attached hydrogens (primary N) is 1. The zero-order valence-electron chi connectivity index (χ0n) is 7.10. The van der Waals surface area contributed by atoms with E-state index in [1.165, 1.54) is 0 Å². The topological polar surface area (TPSA) is 73.9 Å². The maximum absolute atomic E-state index is 8.88. The first kappa shape index (κ1) is 9.95. The van der Waals surface area contributed by atoms with Gasteiger partial charge in [-0.3, -0.25) is 4.84 Å². The molecule has 3 atom stereocenters. The van der Waals surface area contributed by atoms with Gasteiger partial charge in [-0.1, -0.05) is 0 Å². The van der Waals surface area contributed by atoms with Crippen LogP contribution in [-0.4, -0.2) is 44.6 Å². The van der Waals surface area contributed by atoms with Gasteiger partial charge < -0.3 is 14.6 Å². The summed E-state index contributed by atoms with van der Waals surface area (Å²) in [6.07, 6.45) is 0.429. The summed E-state index contributed by atoms with van der Waals surface area (Å²) in [5, 5.41) is 8.88. The van der Waals surface area contributed by atoms with Crippen molar-refractivity contribution in [1.29, 1.82) is 0 Å². The number of hydrogen-bond acceptors (Lipinski definition) is 5. The molecule has 1 saturated heterocycles. The molecule has 1 unspecified atom stereocenters. The highest BCUT2D eigenvalue weighted by Gasteiger charge is 2.32. The second kappa shape index (κ2) is 4.79. The van der Waals surface area contributed by atoms with Crippen LogP contribution in [0.3, 0.4) is 0 Å². The molecule has 0 aromatic heterocycles. The number of aliphatic hydroxyl groups is 1. The Kier molecular flexibility index (Phi) is 3.97.